The molecule has 2 aliphatic rings. The minimum Gasteiger partial charge on any atom is -0.486 e. The first-order valence-corrected chi connectivity index (χ1v) is 10.1. The zero-order chi connectivity index (χ0) is 20.4. The molecule has 154 valence electrons. The van der Waals surface area contributed by atoms with Crippen LogP contribution in [0.2, 0.25) is 0 Å². The smallest absolute Gasteiger partial charge is 0.318 e. The molecule has 2 amide bonds. The number of aliphatic hydroxyl groups excluding tert-OH is 1. The van der Waals surface area contributed by atoms with Crippen molar-refractivity contribution in [2.24, 2.45) is 0 Å². The van der Waals surface area contributed by atoms with Gasteiger partial charge < -0.3 is 24.8 Å². The van der Waals surface area contributed by atoms with Crippen molar-refractivity contribution in [2.75, 3.05) is 32.9 Å². The highest BCUT2D eigenvalue weighted by molar-refractivity contribution is 5.75. The van der Waals surface area contributed by atoms with Crippen LogP contribution in [0.5, 0.6) is 11.5 Å². The third-order valence-electron chi connectivity index (χ3n) is 5.85. The van der Waals surface area contributed by atoms with E-state index in [-0.39, 0.29) is 24.1 Å². The number of nitrogens with zero attached hydrogens (tertiary/aromatic N) is 1. The van der Waals surface area contributed by atoms with E-state index >= 15 is 0 Å². The second kappa shape index (κ2) is 7.95. The van der Waals surface area contributed by atoms with Gasteiger partial charge in [-0.25, -0.2) is 4.79 Å². The molecule has 0 fully saturated rings. The SMILES string of the molecule is CC(C)(CNC(=O)N1CCc2ccccc2C1CO)c1ccc2c(c1)OCCO2. The van der Waals surface area contributed by atoms with Crippen LogP contribution < -0.4 is 14.8 Å². The predicted octanol–water partition coefficient (Wildman–Crippen LogP) is 3.04. The Morgan fingerprint density at radius 2 is 1.93 bits per heavy atom. The normalized spacial score (nSPS) is 18.2. The third kappa shape index (κ3) is 3.90. The lowest BCUT2D eigenvalue weighted by molar-refractivity contribution is 0.126. The number of nitrogens with one attached hydrogen (secondary N) is 1. The van der Waals surface area contributed by atoms with Gasteiger partial charge in [0.15, 0.2) is 11.5 Å². The highest BCUT2D eigenvalue weighted by Gasteiger charge is 2.31. The van der Waals surface area contributed by atoms with E-state index in [9.17, 15) is 9.90 Å². The first-order valence-electron chi connectivity index (χ1n) is 10.1. The van der Waals surface area contributed by atoms with Crippen LogP contribution in [0, 0.1) is 0 Å². The van der Waals surface area contributed by atoms with Crippen molar-refractivity contribution < 1.29 is 19.4 Å². The molecule has 2 heterocycles. The van der Waals surface area contributed by atoms with Gasteiger partial charge in [0.25, 0.3) is 0 Å². The molecule has 2 aromatic rings. The van der Waals surface area contributed by atoms with Crippen molar-refractivity contribution in [1.29, 1.82) is 0 Å². The van der Waals surface area contributed by atoms with Gasteiger partial charge in [-0.15, -0.1) is 0 Å². The van der Waals surface area contributed by atoms with Gasteiger partial charge in [-0.3, -0.25) is 0 Å². The van der Waals surface area contributed by atoms with Crippen LogP contribution >= 0.6 is 0 Å². The van der Waals surface area contributed by atoms with Gasteiger partial charge in [-0.2, -0.15) is 0 Å². The first-order chi connectivity index (χ1) is 14.0. The van der Waals surface area contributed by atoms with Crippen LogP contribution in [0.4, 0.5) is 4.79 Å². The highest BCUT2D eigenvalue weighted by Crippen LogP contribution is 2.35. The summed E-state index contributed by atoms with van der Waals surface area (Å²) in [6.45, 7) is 6.28. The second-order valence-electron chi connectivity index (χ2n) is 8.24. The molecule has 29 heavy (non-hydrogen) atoms. The van der Waals surface area contributed by atoms with E-state index in [1.807, 2.05) is 36.4 Å². The zero-order valence-electron chi connectivity index (χ0n) is 17.0. The van der Waals surface area contributed by atoms with Crippen LogP contribution in [0.3, 0.4) is 0 Å². The van der Waals surface area contributed by atoms with Crippen molar-refractivity contribution in [3.05, 3.63) is 59.2 Å². The molecule has 0 saturated heterocycles. The van der Waals surface area contributed by atoms with Crippen molar-refractivity contribution in [3.63, 3.8) is 0 Å². The van der Waals surface area contributed by atoms with Gasteiger partial charge in [-0.1, -0.05) is 44.2 Å². The zero-order valence-corrected chi connectivity index (χ0v) is 17.0. The Hall–Kier alpha value is -2.73. The van der Waals surface area contributed by atoms with Crippen LogP contribution in [0.15, 0.2) is 42.5 Å². The largest absolute Gasteiger partial charge is 0.486 e. The molecule has 0 aromatic heterocycles. The molecule has 4 rings (SSSR count). The summed E-state index contributed by atoms with van der Waals surface area (Å²) in [5.74, 6) is 1.51. The molecule has 1 unspecified atom stereocenters. The monoisotopic (exact) mass is 396 g/mol. The quantitative estimate of drug-likeness (QED) is 0.833. The average molecular weight is 396 g/mol. The lowest BCUT2D eigenvalue weighted by Crippen LogP contribution is -2.49. The van der Waals surface area contributed by atoms with E-state index < -0.39 is 0 Å². The Labute approximate surface area is 171 Å². The number of benzene rings is 2. The number of hydrogen-bond acceptors (Lipinski definition) is 4. The molecule has 0 aliphatic carbocycles. The van der Waals surface area contributed by atoms with E-state index in [1.165, 1.54) is 5.56 Å². The lowest BCUT2D eigenvalue weighted by Gasteiger charge is -2.37. The van der Waals surface area contributed by atoms with Crippen LogP contribution in [0.1, 0.15) is 36.6 Å². The van der Waals surface area contributed by atoms with Crippen LogP contribution in [-0.2, 0) is 11.8 Å². The standard InChI is InChI=1S/C23H28N2O4/c1-23(2,17-7-8-20-21(13-17)29-12-11-28-20)15-24-22(27)25-10-9-16-5-3-4-6-18(16)19(25)14-26/h3-8,13,19,26H,9-12,14-15H2,1-2H3,(H,24,27). The Morgan fingerprint density at radius 3 is 2.72 bits per heavy atom. The predicted molar refractivity (Wildman–Crippen MR) is 111 cm³/mol. The topological polar surface area (TPSA) is 71.0 Å². The molecule has 6 heteroatoms. The minimum atomic E-state index is -0.308. The average Bonchev–Trinajstić information content (AvgIpc) is 2.76. The molecule has 2 N–H and O–H groups in total. The molecule has 6 nitrogen and oxygen atoms in total. The number of hydrogen-bond donors (Lipinski definition) is 2. The van der Waals surface area contributed by atoms with Gasteiger partial charge in [0.1, 0.15) is 13.2 Å². The lowest BCUT2D eigenvalue weighted by atomic mass is 9.84. The molecule has 2 aliphatic heterocycles. The molecule has 0 saturated carbocycles. The molecule has 2 aromatic carbocycles. The van der Waals surface area contributed by atoms with Crippen molar-refractivity contribution in [2.45, 2.75) is 31.7 Å². The van der Waals surface area contributed by atoms with Gasteiger partial charge >= 0.3 is 6.03 Å². The fraction of sp³-hybridized carbons (Fsp3) is 0.435. The van der Waals surface area contributed by atoms with Crippen LogP contribution in [0.25, 0.3) is 0 Å². The number of amides is 2. The second-order valence-corrected chi connectivity index (χ2v) is 8.24. The summed E-state index contributed by atoms with van der Waals surface area (Å²) >= 11 is 0. The van der Waals surface area contributed by atoms with Gasteiger partial charge in [0.05, 0.1) is 12.6 Å². The Morgan fingerprint density at radius 1 is 1.17 bits per heavy atom. The summed E-state index contributed by atoms with van der Waals surface area (Å²) in [5.41, 5.74) is 3.02. The maximum absolute atomic E-state index is 12.9. The summed E-state index contributed by atoms with van der Waals surface area (Å²) < 4.78 is 11.3. The Kier molecular flexibility index (Phi) is 5.37. The number of fused-ring (bicyclic) bond motifs is 2. The number of carbonyl (C=O) groups is 1. The van der Waals surface area contributed by atoms with E-state index in [0.717, 1.165) is 29.0 Å². The minimum absolute atomic E-state index is 0.0873. The highest BCUT2D eigenvalue weighted by atomic mass is 16.6. The third-order valence-corrected chi connectivity index (χ3v) is 5.85. The summed E-state index contributed by atoms with van der Waals surface area (Å²) in [6.07, 6.45) is 0.797. The molecular weight excluding hydrogens is 368 g/mol. The van der Waals surface area contributed by atoms with E-state index in [2.05, 4.69) is 25.2 Å². The van der Waals surface area contributed by atoms with Crippen molar-refractivity contribution in [1.82, 2.24) is 10.2 Å². The number of rotatable bonds is 4. The number of aliphatic hydroxyl groups is 1. The maximum atomic E-state index is 12.9. The van der Waals surface area contributed by atoms with Crippen LogP contribution in [-0.4, -0.2) is 48.9 Å². The summed E-state index contributed by atoms with van der Waals surface area (Å²) in [6, 6.07) is 13.5. The summed E-state index contributed by atoms with van der Waals surface area (Å²) in [5, 5.41) is 13.0. The van der Waals surface area contributed by atoms with Gasteiger partial charge in [-0.05, 0) is 35.2 Å². The molecule has 0 radical (unpaired) electrons. The number of ether oxygens (including phenoxy) is 2. The number of urea groups is 1. The fourth-order valence-corrected chi connectivity index (χ4v) is 4.06. The van der Waals surface area contributed by atoms with Gasteiger partial charge in [0.2, 0.25) is 0 Å². The first kappa shape index (κ1) is 19.6. The molecule has 0 spiro atoms. The molecule has 1 atom stereocenters. The number of carbonyl (C=O) groups excluding carboxylic acids is 1. The Bertz CT molecular complexity index is 896. The molecule has 0 bridgehead atoms. The van der Waals surface area contributed by atoms with E-state index in [0.29, 0.717) is 26.3 Å². The molecular formula is C23H28N2O4. The Balaban J connectivity index is 1.45. The van der Waals surface area contributed by atoms with Crippen molar-refractivity contribution in [3.8, 4) is 11.5 Å². The summed E-state index contributed by atoms with van der Waals surface area (Å²) in [4.78, 5) is 14.7. The van der Waals surface area contributed by atoms with Crippen molar-refractivity contribution >= 4 is 6.03 Å². The summed E-state index contributed by atoms with van der Waals surface area (Å²) in [7, 11) is 0. The van der Waals surface area contributed by atoms with E-state index in [4.69, 9.17) is 9.47 Å². The van der Waals surface area contributed by atoms with Gasteiger partial charge in [0, 0.05) is 18.5 Å². The fourth-order valence-electron chi connectivity index (χ4n) is 4.06. The maximum Gasteiger partial charge on any atom is 0.318 e. The van der Waals surface area contributed by atoms with E-state index in [1.54, 1.807) is 4.90 Å².